The minimum absolute atomic E-state index is 0.132. The highest BCUT2D eigenvalue weighted by molar-refractivity contribution is 5.55. The van der Waals surface area contributed by atoms with Crippen LogP contribution in [0.4, 0.5) is 5.69 Å². The number of aromatic hydroxyl groups is 1. The number of rotatable bonds is 3. The van der Waals surface area contributed by atoms with Crippen molar-refractivity contribution >= 4 is 5.69 Å². The number of phenolic OH excluding ortho intramolecular Hbond substituents is 1. The molecule has 0 saturated carbocycles. The normalized spacial score (nSPS) is 10.2. The molecule has 0 amide bonds. The molecular weight excluding hydrogens is 214 g/mol. The van der Waals surface area contributed by atoms with Gasteiger partial charge in [-0.05, 0) is 36.2 Å². The van der Waals surface area contributed by atoms with E-state index in [9.17, 15) is 5.11 Å². The molecule has 0 fully saturated rings. The molecule has 0 aliphatic heterocycles. The number of ether oxygens (including phenoxy) is 1. The molecule has 2 aromatic carbocycles. The predicted octanol–water partition coefficient (Wildman–Crippen LogP) is 3.33. The summed E-state index contributed by atoms with van der Waals surface area (Å²) in [6.07, 6.45) is 0.876. The number of para-hydroxylation sites is 2. The predicted molar refractivity (Wildman–Crippen MR) is 68.4 cm³/mol. The fourth-order valence-corrected chi connectivity index (χ4v) is 1.56. The van der Waals surface area contributed by atoms with Crippen molar-refractivity contribution in [2.45, 2.75) is 13.3 Å². The first-order chi connectivity index (χ1) is 8.20. The lowest BCUT2D eigenvalue weighted by Gasteiger charge is -2.10. The quantitative estimate of drug-likeness (QED) is 0.794. The van der Waals surface area contributed by atoms with E-state index in [1.165, 1.54) is 0 Å². The van der Waals surface area contributed by atoms with Crippen LogP contribution >= 0.6 is 0 Å². The third-order valence-corrected chi connectivity index (χ3v) is 2.57. The SMILES string of the molecule is CCc1ccc(Oc2ccccc2N)c(O)c1. The van der Waals surface area contributed by atoms with E-state index in [1.54, 1.807) is 24.3 Å². The van der Waals surface area contributed by atoms with Gasteiger partial charge in [0.1, 0.15) is 0 Å². The van der Waals surface area contributed by atoms with Gasteiger partial charge in [0.05, 0.1) is 5.69 Å². The van der Waals surface area contributed by atoms with Gasteiger partial charge in [0.25, 0.3) is 0 Å². The molecule has 0 unspecified atom stereocenters. The maximum Gasteiger partial charge on any atom is 0.169 e. The third-order valence-electron chi connectivity index (χ3n) is 2.57. The van der Waals surface area contributed by atoms with Crippen LogP contribution in [0.15, 0.2) is 42.5 Å². The van der Waals surface area contributed by atoms with Gasteiger partial charge in [-0.15, -0.1) is 0 Å². The van der Waals surface area contributed by atoms with Crippen LogP contribution < -0.4 is 10.5 Å². The van der Waals surface area contributed by atoms with Crippen LogP contribution in [-0.2, 0) is 6.42 Å². The maximum absolute atomic E-state index is 9.81. The Bertz CT molecular complexity index is 523. The van der Waals surface area contributed by atoms with Gasteiger partial charge in [-0.3, -0.25) is 0 Å². The molecule has 0 atom stereocenters. The minimum atomic E-state index is 0.132. The number of aryl methyl sites for hydroxylation is 1. The summed E-state index contributed by atoms with van der Waals surface area (Å²) in [5, 5.41) is 9.81. The summed E-state index contributed by atoms with van der Waals surface area (Å²) >= 11 is 0. The molecule has 3 N–H and O–H groups in total. The molecular formula is C14H15NO2. The van der Waals surface area contributed by atoms with Crippen LogP contribution in [0, 0.1) is 0 Å². The minimum Gasteiger partial charge on any atom is -0.504 e. The highest BCUT2D eigenvalue weighted by Gasteiger charge is 2.06. The Hall–Kier alpha value is -2.16. The van der Waals surface area contributed by atoms with Gasteiger partial charge in [-0.2, -0.15) is 0 Å². The Morgan fingerprint density at radius 2 is 1.88 bits per heavy atom. The molecule has 0 aliphatic rings. The topological polar surface area (TPSA) is 55.5 Å². The van der Waals surface area contributed by atoms with Gasteiger partial charge >= 0.3 is 0 Å². The molecule has 0 radical (unpaired) electrons. The highest BCUT2D eigenvalue weighted by atomic mass is 16.5. The van der Waals surface area contributed by atoms with Crippen LogP contribution in [0.3, 0.4) is 0 Å². The maximum atomic E-state index is 9.81. The molecule has 2 rings (SSSR count). The van der Waals surface area contributed by atoms with E-state index >= 15 is 0 Å². The summed E-state index contributed by atoms with van der Waals surface area (Å²) in [7, 11) is 0. The number of benzene rings is 2. The van der Waals surface area contributed by atoms with Crippen molar-refractivity contribution in [3.63, 3.8) is 0 Å². The van der Waals surface area contributed by atoms with Crippen molar-refractivity contribution in [1.82, 2.24) is 0 Å². The Morgan fingerprint density at radius 3 is 2.53 bits per heavy atom. The Balaban J connectivity index is 2.28. The van der Waals surface area contributed by atoms with Crippen LogP contribution in [0.25, 0.3) is 0 Å². The number of phenols is 1. The van der Waals surface area contributed by atoms with Crippen molar-refractivity contribution in [2.24, 2.45) is 0 Å². The number of nitrogens with two attached hydrogens (primary N) is 1. The second kappa shape index (κ2) is 4.78. The van der Waals surface area contributed by atoms with Crippen LogP contribution in [0.5, 0.6) is 17.2 Å². The molecule has 88 valence electrons. The fourth-order valence-electron chi connectivity index (χ4n) is 1.56. The van der Waals surface area contributed by atoms with Gasteiger partial charge in [-0.1, -0.05) is 25.1 Å². The summed E-state index contributed by atoms with van der Waals surface area (Å²) in [6.45, 7) is 2.03. The van der Waals surface area contributed by atoms with E-state index in [2.05, 4.69) is 0 Å². The molecule has 0 bridgehead atoms. The molecule has 0 heterocycles. The van der Waals surface area contributed by atoms with Crippen molar-refractivity contribution < 1.29 is 9.84 Å². The van der Waals surface area contributed by atoms with Crippen LogP contribution in [0.1, 0.15) is 12.5 Å². The molecule has 0 aliphatic carbocycles. The zero-order valence-electron chi connectivity index (χ0n) is 9.68. The third kappa shape index (κ3) is 2.50. The fraction of sp³-hybridized carbons (Fsp3) is 0.143. The molecule has 0 spiro atoms. The Morgan fingerprint density at radius 1 is 1.12 bits per heavy atom. The summed E-state index contributed by atoms with van der Waals surface area (Å²) in [5.41, 5.74) is 7.38. The first-order valence-electron chi connectivity index (χ1n) is 5.55. The van der Waals surface area contributed by atoms with E-state index < -0.39 is 0 Å². The highest BCUT2D eigenvalue weighted by Crippen LogP contribution is 2.33. The van der Waals surface area contributed by atoms with E-state index in [-0.39, 0.29) is 5.75 Å². The van der Waals surface area contributed by atoms with E-state index in [0.717, 1.165) is 12.0 Å². The number of nitrogen functional groups attached to an aromatic ring is 1. The first-order valence-corrected chi connectivity index (χ1v) is 5.55. The average molecular weight is 229 g/mol. The zero-order chi connectivity index (χ0) is 12.3. The van der Waals surface area contributed by atoms with Crippen molar-refractivity contribution in [3.05, 3.63) is 48.0 Å². The monoisotopic (exact) mass is 229 g/mol. The zero-order valence-corrected chi connectivity index (χ0v) is 9.68. The van der Waals surface area contributed by atoms with E-state index in [1.807, 2.05) is 25.1 Å². The molecule has 0 aromatic heterocycles. The molecule has 3 nitrogen and oxygen atoms in total. The van der Waals surface area contributed by atoms with Crippen molar-refractivity contribution in [1.29, 1.82) is 0 Å². The van der Waals surface area contributed by atoms with E-state index in [4.69, 9.17) is 10.5 Å². The van der Waals surface area contributed by atoms with Gasteiger partial charge < -0.3 is 15.6 Å². The standard InChI is InChI=1S/C14H15NO2/c1-2-10-7-8-14(12(16)9-10)17-13-6-4-3-5-11(13)15/h3-9,16H,2,15H2,1H3. The van der Waals surface area contributed by atoms with E-state index in [0.29, 0.717) is 17.2 Å². The van der Waals surface area contributed by atoms with Gasteiger partial charge in [-0.25, -0.2) is 0 Å². The first kappa shape index (κ1) is 11.3. The van der Waals surface area contributed by atoms with Gasteiger partial charge in [0.2, 0.25) is 0 Å². The van der Waals surface area contributed by atoms with Crippen LogP contribution in [-0.4, -0.2) is 5.11 Å². The lowest BCUT2D eigenvalue weighted by Crippen LogP contribution is -1.92. The van der Waals surface area contributed by atoms with Crippen molar-refractivity contribution in [2.75, 3.05) is 5.73 Å². The molecule has 17 heavy (non-hydrogen) atoms. The lowest BCUT2D eigenvalue weighted by molar-refractivity contribution is 0.412. The van der Waals surface area contributed by atoms with Crippen LogP contribution in [0.2, 0.25) is 0 Å². The average Bonchev–Trinajstić information content (AvgIpc) is 2.34. The molecule has 3 heteroatoms. The smallest absolute Gasteiger partial charge is 0.169 e. The van der Waals surface area contributed by atoms with Gasteiger partial charge in [0.15, 0.2) is 17.2 Å². The second-order valence-electron chi connectivity index (χ2n) is 3.80. The number of anilines is 1. The number of hydrogen-bond acceptors (Lipinski definition) is 3. The molecule has 2 aromatic rings. The number of hydrogen-bond donors (Lipinski definition) is 2. The summed E-state index contributed by atoms with van der Waals surface area (Å²) in [6, 6.07) is 12.6. The second-order valence-corrected chi connectivity index (χ2v) is 3.80. The Labute approximate surface area is 100 Å². The largest absolute Gasteiger partial charge is 0.504 e. The summed E-state index contributed by atoms with van der Waals surface area (Å²) in [5.74, 6) is 1.10. The summed E-state index contributed by atoms with van der Waals surface area (Å²) < 4.78 is 5.56. The molecule has 0 saturated heterocycles. The summed E-state index contributed by atoms with van der Waals surface area (Å²) in [4.78, 5) is 0. The van der Waals surface area contributed by atoms with Gasteiger partial charge in [0, 0.05) is 0 Å². The lowest BCUT2D eigenvalue weighted by atomic mass is 10.1. The Kier molecular flexibility index (Phi) is 3.19. The van der Waals surface area contributed by atoms with Crippen molar-refractivity contribution in [3.8, 4) is 17.2 Å².